The molecule has 0 saturated heterocycles. The number of benzene rings is 2. The molecule has 4 rings (SSSR count). The van der Waals surface area contributed by atoms with E-state index in [0.29, 0.717) is 30.4 Å². The summed E-state index contributed by atoms with van der Waals surface area (Å²) in [5.74, 6) is 1.80. The average Bonchev–Trinajstić information content (AvgIpc) is 3.26. The first-order valence-corrected chi connectivity index (χ1v) is 14.7. The van der Waals surface area contributed by atoms with Crippen molar-refractivity contribution < 1.29 is 19.1 Å². The van der Waals surface area contributed by atoms with Gasteiger partial charge in [-0.15, -0.1) is 11.8 Å². The van der Waals surface area contributed by atoms with Gasteiger partial charge in [0.1, 0.15) is 23.9 Å². The van der Waals surface area contributed by atoms with Crippen molar-refractivity contribution in [3.63, 3.8) is 0 Å². The van der Waals surface area contributed by atoms with Crippen LogP contribution in [0, 0.1) is 6.92 Å². The van der Waals surface area contributed by atoms with Crippen LogP contribution in [-0.4, -0.2) is 80.2 Å². The molecule has 1 N–H and O–H groups in total. The van der Waals surface area contributed by atoms with Gasteiger partial charge in [-0.2, -0.15) is 5.10 Å². The number of anilines is 1. The lowest BCUT2D eigenvalue weighted by atomic mass is 9.87. The standard InChI is InChI=1S/C31H41N5O4S/c1-20-10-9-11-21(16-20)36-30-27(29(33-36)31(2,3)4)28(23-17-22(39-7)12-13-24(23)40-8)41-19-26(38)35(30)18-25(37)32-14-15-34(5)6/h9-13,16-17,28H,14-15,18-19H2,1-8H3,(H,32,37)/t28-/m0/s1. The Kier molecular flexibility index (Phi) is 9.34. The van der Waals surface area contributed by atoms with Crippen LogP contribution in [0.5, 0.6) is 11.5 Å². The maximum atomic E-state index is 13.9. The number of nitrogens with zero attached hydrogens (tertiary/aromatic N) is 4. The molecule has 0 saturated carbocycles. The second kappa shape index (κ2) is 12.6. The summed E-state index contributed by atoms with van der Waals surface area (Å²) < 4.78 is 13.2. The van der Waals surface area contributed by atoms with Gasteiger partial charge >= 0.3 is 0 Å². The zero-order valence-corrected chi connectivity index (χ0v) is 26.1. The van der Waals surface area contributed by atoms with E-state index in [1.807, 2.05) is 73.1 Å². The quantitative estimate of drug-likeness (QED) is 0.403. The first-order valence-electron chi connectivity index (χ1n) is 13.7. The van der Waals surface area contributed by atoms with E-state index < -0.39 is 0 Å². The lowest BCUT2D eigenvalue weighted by molar-refractivity contribution is -0.122. The van der Waals surface area contributed by atoms with Gasteiger partial charge in [0, 0.05) is 29.6 Å². The Labute approximate surface area is 247 Å². The molecule has 1 atom stereocenters. The first-order chi connectivity index (χ1) is 19.4. The Bertz CT molecular complexity index is 1410. The molecule has 0 unspecified atom stereocenters. The molecule has 2 amide bonds. The maximum absolute atomic E-state index is 13.9. The lowest BCUT2D eigenvalue weighted by Gasteiger charge is -2.25. The first kappa shape index (κ1) is 30.5. The topological polar surface area (TPSA) is 88.9 Å². The van der Waals surface area contributed by atoms with E-state index >= 15 is 0 Å². The normalized spacial score (nSPS) is 15.5. The largest absolute Gasteiger partial charge is 0.497 e. The molecule has 1 aliphatic rings. The summed E-state index contributed by atoms with van der Waals surface area (Å²) in [4.78, 5) is 30.7. The third kappa shape index (κ3) is 6.70. The Morgan fingerprint density at radius 1 is 1.15 bits per heavy atom. The van der Waals surface area contributed by atoms with E-state index in [1.54, 1.807) is 19.1 Å². The summed E-state index contributed by atoms with van der Waals surface area (Å²) in [6.07, 6.45) is 0. The summed E-state index contributed by atoms with van der Waals surface area (Å²) in [5, 5.41) is 7.84. The summed E-state index contributed by atoms with van der Waals surface area (Å²) in [6, 6.07) is 13.7. The fourth-order valence-corrected chi connectivity index (χ4v) is 6.13. The van der Waals surface area contributed by atoms with Gasteiger partial charge in [-0.05, 0) is 56.9 Å². The Morgan fingerprint density at radius 3 is 2.54 bits per heavy atom. The van der Waals surface area contributed by atoms with Gasteiger partial charge in [-0.3, -0.25) is 14.5 Å². The Morgan fingerprint density at radius 2 is 1.90 bits per heavy atom. The van der Waals surface area contributed by atoms with Crippen LogP contribution in [0.3, 0.4) is 0 Å². The molecule has 2 heterocycles. The fraction of sp³-hybridized carbons (Fsp3) is 0.452. The number of rotatable bonds is 9. The lowest BCUT2D eigenvalue weighted by Crippen LogP contribution is -2.43. The van der Waals surface area contributed by atoms with Crippen molar-refractivity contribution in [3.8, 4) is 17.2 Å². The number of hydrogen-bond donors (Lipinski definition) is 1. The molecule has 0 bridgehead atoms. The summed E-state index contributed by atoms with van der Waals surface area (Å²) in [5.41, 5.74) is 4.16. The van der Waals surface area contributed by atoms with Gasteiger partial charge in [0.15, 0.2) is 0 Å². The van der Waals surface area contributed by atoms with E-state index in [0.717, 1.165) is 28.1 Å². The predicted molar refractivity (Wildman–Crippen MR) is 165 cm³/mol. The number of thioether (sulfide) groups is 1. The molecular formula is C31H41N5O4S. The number of likely N-dealkylation sites (N-methyl/N-ethyl adjacent to an activating group) is 1. The molecule has 1 aromatic heterocycles. The Balaban J connectivity index is 1.98. The van der Waals surface area contributed by atoms with Gasteiger partial charge in [0.25, 0.3) is 0 Å². The van der Waals surface area contributed by atoms with Crippen molar-refractivity contribution in [2.24, 2.45) is 0 Å². The van der Waals surface area contributed by atoms with Crippen molar-refractivity contribution >= 4 is 29.4 Å². The van der Waals surface area contributed by atoms with Crippen molar-refractivity contribution in [1.82, 2.24) is 20.0 Å². The second-order valence-corrected chi connectivity index (χ2v) is 12.6. The van der Waals surface area contributed by atoms with E-state index in [9.17, 15) is 9.59 Å². The van der Waals surface area contributed by atoms with Crippen LogP contribution in [0.2, 0.25) is 0 Å². The van der Waals surface area contributed by atoms with Gasteiger partial charge in [0.05, 0.1) is 36.6 Å². The fourth-order valence-electron chi connectivity index (χ4n) is 4.92. The van der Waals surface area contributed by atoms with Crippen LogP contribution in [0.15, 0.2) is 42.5 Å². The SMILES string of the molecule is COc1ccc(OC)c([C@@H]2SCC(=O)N(CC(=O)NCCN(C)C)c3c2c(C(C)(C)C)nn3-c2cccc(C)c2)c1. The molecule has 220 valence electrons. The van der Waals surface area contributed by atoms with Gasteiger partial charge < -0.3 is 19.7 Å². The molecule has 3 aromatic rings. The highest BCUT2D eigenvalue weighted by Gasteiger charge is 2.40. The Hall–Kier alpha value is -3.50. The second-order valence-electron chi connectivity index (χ2n) is 11.5. The van der Waals surface area contributed by atoms with E-state index in [1.165, 1.54) is 11.8 Å². The monoisotopic (exact) mass is 579 g/mol. The highest BCUT2D eigenvalue weighted by atomic mass is 32.2. The van der Waals surface area contributed by atoms with Crippen molar-refractivity contribution in [3.05, 3.63) is 64.8 Å². The number of carbonyl (C=O) groups is 2. The van der Waals surface area contributed by atoms with Crippen LogP contribution < -0.4 is 19.7 Å². The summed E-state index contributed by atoms with van der Waals surface area (Å²) >= 11 is 1.51. The van der Waals surface area contributed by atoms with Crippen LogP contribution >= 0.6 is 11.8 Å². The molecule has 0 fully saturated rings. The highest BCUT2D eigenvalue weighted by molar-refractivity contribution is 8.00. The molecule has 2 aromatic carbocycles. The van der Waals surface area contributed by atoms with Gasteiger partial charge in [-0.25, -0.2) is 4.68 Å². The number of ether oxygens (including phenoxy) is 2. The number of amides is 2. The molecule has 0 radical (unpaired) electrons. The molecule has 0 spiro atoms. The molecular weight excluding hydrogens is 538 g/mol. The number of methoxy groups -OCH3 is 2. The third-order valence-corrected chi connectivity index (χ3v) is 8.18. The van der Waals surface area contributed by atoms with E-state index in [-0.39, 0.29) is 34.8 Å². The van der Waals surface area contributed by atoms with Crippen LogP contribution in [0.25, 0.3) is 5.69 Å². The number of aromatic nitrogens is 2. The van der Waals surface area contributed by atoms with E-state index in [2.05, 4.69) is 26.1 Å². The number of aryl methyl sites for hydroxylation is 1. The smallest absolute Gasteiger partial charge is 0.240 e. The maximum Gasteiger partial charge on any atom is 0.240 e. The molecule has 41 heavy (non-hydrogen) atoms. The summed E-state index contributed by atoms with van der Waals surface area (Å²) in [7, 11) is 7.18. The van der Waals surface area contributed by atoms with Crippen LogP contribution in [0.1, 0.15) is 48.4 Å². The number of fused-ring (bicyclic) bond motifs is 1. The minimum atomic E-state index is -0.364. The van der Waals surface area contributed by atoms with Crippen molar-refractivity contribution in [2.75, 3.05) is 58.6 Å². The number of nitrogens with one attached hydrogen (secondary N) is 1. The van der Waals surface area contributed by atoms with Crippen molar-refractivity contribution in [2.45, 2.75) is 38.4 Å². The molecule has 0 aliphatic carbocycles. The zero-order valence-electron chi connectivity index (χ0n) is 25.3. The molecule has 9 nitrogen and oxygen atoms in total. The van der Waals surface area contributed by atoms with Gasteiger partial charge in [-0.1, -0.05) is 32.9 Å². The average molecular weight is 580 g/mol. The summed E-state index contributed by atoms with van der Waals surface area (Å²) in [6.45, 7) is 9.46. The number of hydrogen-bond acceptors (Lipinski definition) is 7. The minimum Gasteiger partial charge on any atom is -0.497 e. The van der Waals surface area contributed by atoms with Gasteiger partial charge in [0.2, 0.25) is 11.8 Å². The molecule has 10 heteroatoms. The van der Waals surface area contributed by atoms with Crippen molar-refractivity contribution in [1.29, 1.82) is 0 Å². The highest BCUT2D eigenvalue weighted by Crippen LogP contribution is 2.50. The predicted octanol–water partition coefficient (Wildman–Crippen LogP) is 4.34. The van der Waals surface area contributed by atoms with Crippen LogP contribution in [0.4, 0.5) is 5.82 Å². The molecule has 1 aliphatic heterocycles. The minimum absolute atomic E-state index is 0.108. The van der Waals surface area contributed by atoms with Crippen LogP contribution in [-0.2, 0) is 15.0 Å². The number of carbonyl (C=O) groups excluding carboxylic acids is 2. The zero-order chi connectivity index (χ0) is 29.9. The van der Waals surface area contributed by atoms with E-state index in [4.69, 9.17) is 14.6 Å². The third-order valence-electron chi connectivity index (χ3n) is 6.95.